The Hall–Kier alpha value is -1.98. The van der Waals surface area contributed by atoms with Crippen molar-refractivity contribution in [3.05, 3.63) is 17.8 Å². The van der Waals surface area contributed by atoms with Crippen LogP contribution in [0.2, 0.25) is 0 Å². The molecule has 1 aromatic rings. The summed E-state index contributed by atoms with van der Waals surface area (Å²) in [6.45, 7) is 13.4. The van der Waals surface area contributed by atoms with Gasteiger partial charge in [-0.2, -0.15) is 0 Å². The Balaban J connectivity index is 1.78. The van der Waals surface area contributed by atoms with Gasteiger partial charge in [0.2, 0.25) is 0 Å². The number of fused-ring (bicyclic) bond motifs is 1. The number of hydrogen-bond donors (Lipinski definition) is 1. The molecule has 0 saturated carbocycles. The quantitative estimate of drug-likeness (QED) is 0.891. The summed E-state index contributed by atoms with van der Waals surface area (Å²) >= 11 is 0. The maximum atomic E-state index is 12.6. The highest BCUT2D eigenvalue weighted by Gasteiger charge is 2.36. The average Bonchev–Trinajstić information content (AvgIpc) is 3.01. The van der Waals surface area contributed by atoms with E-state index in [1.54, 1.807) is 0 Å². The number of ether oxygens (including phenoxy) is 1. The van der Waals surface area contributed by atoms with Gasteiger partial charge < -0.3 is 19.9 Å². The Morgan fingerprint density at radius 2 is 2.12 bits per heavy atom. The molecule has 1 fully saturated rings. The van der Waals surface area contributed by atoms with Crippen molar-refractivity contribution in [2.45, 2.75) is 52.7 Å². The van der Waals surface area contributed by atoms with Crippen LogP contribution in [0.1, 0.15) is 40.2 Å². The summed E-state index contributed by atoms with van der Waals surface area (Å²) in [6.07, 6.45) is 2.68. The van der Waals surface area contributed by atoms with E-state index in [2.05, 4.69) is 35.1 Å². The number of rotatable bonds is 2. The molecule has 3 heterocycles. The van der Waals surface area contributed by atoms with Crippen LogP contribution in [0.25, 0.3) is 0 Å². The van der Waals surface area contributed by atoms with Crippen LogP contribution in [0.15, 0.2) is 12.3 Å². The van der Waals surface area contributed by atoms with Crippen molar-refractivity contribution >= 4 is 17.6 Å². The summed E-state index contributed by atoms with van der Waals surface area (Å²) in [6, 6.07) is 2.24. The predicted octanol–water partition coefficient (Wildman–Crippen LogP) is 3.13. The van der Waals surface area contributed by atoms with Crippen LogP contribution in [-0.2, 0) is 11.2 Å². The van der Waals surface area contributed by atoms with E-state index in [4.69, 9.17) is 4.74 Å². The standard InChI is InChI=1S/C19H30N4O2/c1-13(2)16-12-22(10-11-23(16)18(24)25-19(3,4)5)15-7-9-21-17-14(15)6-8-20-17/h7,9,13,16H,6,8,10-12H2,1-5H3,(H,20,21)/t16-/m1/s1. The van der Waals surface area contributed by atoms with Crippen molar-refractivity contribution in [2.24, 2.45) is 5.92 Å². The molecule has 6 heteroatoms. The molecule has 138 valence electrons. The van der Waals surface area contributed by atoms with Crippen molar-refractivity contribution in [1.29, 1.82) is 0 Å². The molecule has 0 spiro atoms. The maximum absolute atomic E-state index is 12.6. The number of carbonyl (C=O) groups excluding carboxylic acids is 1. The first kappa shape index (κ1) is 17.8. The minimum atomic E-state index is -0.465. The molecule has 0 radical (unpaired) electrons. The first-order chi connectivity index (χ1) is 11.8. The molecule has 6 nitrogen and oxygen atoms in total. The Kier molecular flexibility index (Phi) is 4.80. The normalized spacial score (nSPS) is 20.5. The molecular formula is C19H30N4O2. The van der Waals surface area contributed by atoms with Gasteiger partial charge in [-0.3, -0.25) is 0 Å². The van der Waals surface area contributed by atoms with E-state index in [-0.39, 0.29) is 12.1 Å². The van der Waals surface area contributed by atoms with Gasteiger partial charge in [0.1, 0.15) is 11.4 Å². The highest BCUT2D eigenvalue weighted by atomic mass is 16.6. The SMILES string of the molecule is CC(C)[C@H]1CN(c2ccnc3c2CCN3)CCN1C(=O)OC(C)(C)C. The van der Waals surface area contributed by atoms with Gasteiger partial charge in [-0.1, -0.05) is 13.8 Å². The van der Waals surface area contributed by atoms with Gasteiger partial charge in [0, 0.05) is 43.6 Å². The zero-order valence-electron chi connectivity index (χ0n) is 16.0. The van der Waals surface area contributed by atoms with E-state index in [1.165, 1.54) is 11.3 Å². The van der Waals surface area contributed by atoms with Crippen LogP contribution in [0.4, 0.5) is 16.3 Å². The van der Waals surface area contributed by atoms with Gasteiger partial charge in [-0.15, -0.1) is 0 Å². The summed E-state index contributed by atoms with van der Waals surface area (Å²) in [5.41, 5.74) is 2.09. The molecular weight excluding hydrogens is 316 g/mol. The number of anilines is 2. The van der Waals surface area contributed by atoms with E-state index < -0.39 is 5.60 Å². The van der Waals surface area contributed by atoms with Crippen molar-refractivity contribution in [1.82, 2.24) is 9.88 Å². The third-order valence-corrected chi connectivity index (χ3v) is 4.86. The van der Waals surface area contributed by atoms with Crippen molar-refractivity contribution in [3.63, 3.8) is 0 Å². The fourth-order valence-electron chi connectivity index (χ4n) is 3.63. The number of nitrogens with zero attached hydrogens (tertiary/aromatic N) is 3. The van der Waals surface area contributed by atoms with Gasteiger partial charge in [0.05, 0.1) is 6.04 Å². The lowest BCUT2D eigenvalue weighted by atomic mass is 9.99. The Morgan fingerprint density at radius 1 is 1.36 bits per heavy atom. The third-order valence-electron chi connectivity index (χ3n) is 4.86. The highest BCUT2D eigenvalue weighted by molar-refractivity contribution is 5.70. The van der Waals surface area contributed by atoms with Gasteiger partial charge in [0.15, 0.2) is 0 Å². The number of hydrogen-bond acceptors (Lipinski definition) is 5. The average molecular weight is 346 g/mol. The second kappa shape index (κ2) is 6.73. The molecule has 2 aliphatic heterocycles. The maximum Gasteiger partial charge on any atom is 0.410 e. The highest BCUT2D eigenvalue weighted by Crippen LogP contribution is 2.32. The molecule has 1 N–H and O–H groups in total. The Labute approximate surface area is 150 Å². The van der Waals surface area contributed by atoms with Crippen LogP contribution < -0.4 is 10.2 Å². The van der Waals surface area contributed by atoms with Crippen LogP contribution in [0.5, 0.6) is 0 Å². The van der Waals surface area contributed by atoms with Gasteiger partial charge in [-0.25, -0.2) is 9.78 Å². The number of pyridine rings is 1. The van der Waals surface area contributed by atoms with E-state index in [0.29, 0.717) is 12.5 Å². The minimum Gasteiger partial charge on any atom is -0.444 e. The summed E-state index contributed by atoms with van der Waals surface area (Å²) in [5, 5.41) is 3.34. The largest absolute Gasteiger partial charge is 0.444 e. The van der Waals surface area contributed by atoms with Crippen molar-refractivity contribution < 1.29 is 9.53 Å². The molecule has 1 aromatic heterocycles. The van der Waals surface area contributed by atoms with E-state index in [0.717, 1.165) is 31.9 Å². The summed E-state index contributed by atoms with van der Waals surface area (Å²) in [7, 11) is 0. The summed E-state index contributed by atoms with van der Waals surface area (Å²) in [5.74, 6) is 1.37. The number of aromatic nitrogens is 1. The second-order valence-electron chi connectivity index (χ2n) is 8.27. The van der Waals surface area contributed by atoms with Crippen LogP contribution in [0, 0.1) is 5.92 Å². The van der Waals surface area contributed by atoms with Gasteiger partial charge in [0.25, 0.3) is 0 Å². The van der Waals surface area contributed by atoms with Crippen LogP contribution in [0.3, 0.4) is 0 Å². The predicted molar refractivity (Wildman–Crippen MR) is 100 cm³/mol. The zero-order chi connectivity index (χ0) is 18.2. The minimum absolute atomic E-state index is 0.141. The fourth-order valence-corrected chi connectivity index (χ4v) is 3.63. The molecule has 1 saturated heterocycles. The molecule has 25 heavy (non-hydrogen) atoms. The molecule has 0 unspecified atom stereocenters. The lowest BCUT2D eigenvalue weighted by Crippen LogP contribution is -2.58. The Morgan fingerprint density at radius 3 is 2.80 bits per heavy atom. The van der Waals surface area contributed by atoms with Crippen LogP contribution >= 0.6 is 0 Å². The van der Waals surface area contributed by atoms with E-state index in [9.17, 15) is 4.79 Å². The molecule has 0 aromatic carbocycles. The molecule has 1 amide bonds. The van der Waals surface area contributed by atoms with E-state index in [1.807, 2.05) is 31.9 Å². The smallest absolute Gasteiger partial charge is 0.410 e. The number of carbonyl (C=O) groups is 1. The summed E-state index contributed by atoms with van der Waals surface area (Å²) in [4.78, 5) is 21.4. The van der Waals surface area contributed by atoms with E-state index >= 15 is 0 Å². The molecule has 2 aliphatic rings. The number of nitrogens with one attached hydrogen (secondary N) is 1. The van der Waals surface area contributed by atoms with Crippen molar-refractivity contribution in [3.8, 4) is 0 Å². The van der Waals surface area contributed by atoms with Crippen LogP contribution in [-0.4, -0.2) is 53.8 Å². The number of amides is 1. The lowest BCUT2D eigenvalue weighted by Gasteiger charge is -2.44. The fraction of sp³-hybridized carbons (Fsp3) is 0.684. The van der Waals surface area contributed by atoms with Crippen molar-refractivity contribution in [2.75, 3.05) is 36.4 Å². The first-order valence-corrected chi connectivity index (χ1v) is 9.22. The van der Waals surface area contributed by atoms with Gasteiger partial charge >= 0.3 is 6.09 Å². The topological polar surface area (TPSA) is 57.7 Å². The lowest BCUT2D eigenvalue weighted by molar-refractivity contribution is 0.00883. The molecule has 0 bridgehead atoms. The zero-order valence-corrected chi connectivity index (χ0v) is 16.0. The summed E-state index contributed by atoms with van der Waals surface area (Å²) < 4.78 is 5.62. The first-order valence-electron chi connectivity index (χ1n) is 9.22. The molecule has 3 rings (SSSR count). The molecule has 1 atom stereocenters. The van der Waals surface area contributed by atoms with Gasteiger partial charge in [-0.05, 0) is 39.2 Å². The number of piperazine rings is 1. The second-order valence-corrected chi connectivity index (χ2v) is 8.27. The third kappa shape index (κ3) is 3.83. The molecule has 0 aliphatic carbocycles. The monoisotopic (exact) mass is 346 g/mol. The Bertz CT molecular complexity index is 639.